The number of nitrogens with zero attached hydrogens (tertiary/aromatic N) is 1. The van der Waals surface area contributed by atoms with Gasteiger partial charge < -0.3 is 18.8 Å². The monoisotopic (exact) mass is 381 g/mol. The molecule has 1 aliphatic rings. The Labute approximate surface area is 162 Å². The molecule has 5 nitrogen and oxygen atoms in total. The van der Waals surface area contributed by atoms with E-state index in [4.69, 9.17) is 13.9 Å². The fourth-order valence-electron chi connectivity index (χ4n) is 3.17. The Bertz CT molecular complexity index is 984. The van der Waals surface area contributed by atoms with Gasteiger partial charge in [0.2, 0.25) is 0 Å². The summed E-state index contributed by atoms with van der Waals surface area (Å²) >= 11 is 0. The summed E-state index contributed by atoms with van der Waals surface area (Å²) < 4.78 is 31.2. The number of amides is 1. The Morgan fingerprint density at radius 2 is 1.82 bits per heavy atom. The SMILES string of the molecule is CCN(CC1COc2ccccc2O1)C(=O)c1ccc(-c2ccccc2F)o1. The normalized spacial score (nSPS) is 15.3. The van der Waals surface area contributed by atoms with Crippen molar-refractivity contribution in [1.29, 1.82) is 0 Å². The van der Waals surface area contributed by atoms with Gasteiger partial charge in [0, 0.05) is 6.54 Å². The van der Waals surface area contributed by atoms with Crippen LogP contribution in [0.3, 0.4) is 0 Å². The standard InChI is InChI=1S/C22H20FNO4/c1-2-24(13-15-14-26-19-9-5-6-10-20(19)27-15)22(25)21-12-11-18(28-21)16-7-3-4-8-17(16)23/h3-12,15H,2,13-14H2,1H3. The van der Waals surface area contributed by atoms with Crippen LogP contribution in [0.5, 0.6) is 11.5 Å². The minimum Gasteiger partial charge on any atom is -0.486 e. The van der Waals surface area contributed by atoms with E-state index < -0.39 is 5.82 Å². The van der Waals surface area contributed by atoms with Crippen LogP contribution in [0, 0.1) is 5.82 Å². The van der Waals surface area contributed by atoms with Gasteiger partial charge >= 0.3 is 0 Å². The van der Waals surface area contributed by atoms with Gasteiger partial charge in [-0.25, -0.2) is 4.39 Å². The number of rotatable bonds is 5. The molecule has 1 atom stereocenters. The van der Waals surface area contributed by atoms with E-state index in [9.17, 15) is 9.18 Å². The highest BCUT2D eigenvalue weighted by Crippen LogP contribution is 2.31. The van der Waals surface area contributed by atoms with Gasteiger partial charge in [-0.15, -0.1) is 0 Å². The van der Waals surface area contributed by atoms with Gasteiger partial charge in [-0.1, -0.05) is 24.3 Å². The quantitative estimate of drug-likeness (QED) is 0.658. The van der Waals surface area contributed by atoms with Gasteiger partial charge in [-0.2, -0.15) is 0 Å². The predicted molar refractivity (Wildman–Crippen MR) is 102 cm³/mol. The van der Waals surface area contributed by atoms with Crippen molar-refractivity contribution in [3.05, 3.63) is 72.2 Å². The lowest BCUT2D eigenvalue weighted by Gasteiger charge is -2.30. The maximum Gasteiger partial charge on any atom is 0.289 e. The average molecular weight is 381 g/mol. The maximum absolute atomic E-state index is 14.0. The number of benzene rings is 2. The molecular weight excluding hydrogens is 361 g/mol. The Morgan fingerprint density at radius 1 is 1.07 bits per heavy atom. The van der Waals surface area contributed by atoms with E-state index in [-0.39, 0.29) is 17.8 Å². The molecule has 1 amide bonds. The van der Waals surface area contributed by atoms with Crippen LogP contribution >= 0.6 is 0 Å². The zero-order valence-corrected chi connectivity index (χ0v) is 15.4. The van der Waals surface area contributed by atoms with Crippen LogP contribution < -0.4 is 9.47 Å². The number of carbonyl (C=O) groups is 1. The molecule has 6 heteroatoms. The van der Waals surface area contributed by atoms with Crippen molar-refractivity contribution < 1.29 is 23.1 Å². The largest absolute Gasteiger partial charge is 0.486 e. The summed E-state index contributed by atoms with van der Waals surface area (Å²) in [4.78, 5) is 14.5. The van der Waals surface area contributed by atoms with E-state index in [1.807, 2.05) is 31.2 Å². The Hall–Kier alpha value is -3.28. The lowest BCUT2D eigenvalue weighted by atomic mass is 10.1. The Balaban J connectivity index is 1.47. The van der Waals surface area contributed by atoms with Crippen LogP contribution in [0.1, 0.15) is 17.5 Å². The molecule has 1 aliphatic heterocycles. The van der Waals surface area contributed by atoms with Gasteiger partial charge in [0.25, 0.3) is 5.91 Å². The first kappa shape index (κ1) is 18.1. The number of para-hydroxylation sites is 2. The van der Waals surface area contributed by atoms with E-state index in [2.05, 4.69) is 0 Å². The lowest BCUT2D eigenvalue weighted by Crippen LogP contribution is -2.43. The molecule has 0 bridgehead atoms. The first-order chi connectivity index (χ1) is 13.7. The van der Waals surface area contributed by atoms with Crippen LogP contribution in [0.25, 0.3) is 11.3 Å². The summed E-state index contributed by atoms with van der Waals surface area (Å²) in [5.41, 5.74) is 0.324. The second-order valence-electron chi connectivity index (χ2n) is 6.49. The zero-order chi connectivity index (χ0) is 19.5. The maximum atomic E-state index is 14.0. The third-order valence-electron chi connectivity index (χ3n) is 4.62. The van der Waals surface area contributed by atoms with Crippen molar-refractivity contribution in [2.24, 2.45) is 0 Å². The van der Waals surface area contributed by atoms with Crippen LogP contribution in [0.2, 0.25) is 0 Å². The van der Waals surface area contributed by atoms with Crippen LogP contribution in [-0.4, -0.2) is 36.6 Å². The van der Waals surface area contributed by atoms with Crippen LogP contribution in [0.4, 0.5) is 4.39 Å². The topological polar surface area (TPSA) is 51.9 Å². The van der Waals surface area contributed by atoms with Crippen LogP contribution in [0.15, 0.2) is 65.1 Å². The molecule has 2 aromatic carbocycles. The molecule has 1 aromatic heterocycles. The average Bonchev–Trinajstić information content (AvgIpc) is 3.21. The molecule has 1 unspecified atom stereocenters. The number of halogens is 1. The lowest BCUT2D eigenvalue weighted by molar-refractivity contribution is 0.0456. The molecule has 2 heterocycles. The molecule has 0 N–H and O–H groups in total. The summed E-state index contributed by atoms with van der Waals surface area (Å²) in [6, 6.07) is 16.9. The second kappa shape index (κ2) is 7.76. The molecular formula is C22H20FNO4. The molecule has 0 spiro atoms. The van der Waals surface area contributed by atoms with Crippen LogP contribution in [-0.2, 0) is 0 Å². The summed E-state index contributed by atoms with van der Waals surface area (Å²) in [5, 5.41) is 0. The minimum absolute atomic E-state index is 0.164. The summed E-state index contributed by atoms with van der Waals surface area (Å²) in [6.07, 6.45) is -0.278. The first-order valence-electron chi connectivity index (χ1n) is 9.18. The summed E-state index contributed by atoms with van der Waals surface area (Å²) in [7, 11) is 0. The number of carbonyl (C=O) groups excluding carboxylic acids is 1. The highest BCUT2D eigenvalue weighted by Gasteiger charge is 2.26. The zero-order valence-electron chi connectivity index (χ0n) is 15.4. The van der Waals surface area contributed by atoms with E-state index in [1.54, 1.807) is 35.2 Å². The van der Waals surface area contributed by atoms with E-state index in [0.29, 0.717) is 42.5 Å². The first-order valence-corrected chi connectivity index (χ1v) is 9.18. The molecule has 28 heavy (non-hydrogen) atoms. The summed E-state index contributed by atoms with van der Waals surface area (Å²) in [5.74, 6) is 1.19. The predicted octanol–water partition coefficient (Wildman–Crippen LogP) is 4.39. The Morgan fingerprint density at radius 3 is 2.61 bits per heavy atom. The highest BCUT2D eigenvalue weighted by molar-refractivity contribution is 5.92. The van der Waals surface area contributed by atoms with Crippen molar-refractivity contribution in [2.45, 2.75) is 13.0 Å². The fourth-order valence-corrected chi connectivity index (χ4v) is 3.17. The number of furan rings is 1. The molecule has 144 valence electrons. The minimum atomic E-state index is -0.394. The van der Waals surface area contributed by atoms with Crippen molar-refractivity contribution in [2.75, 3.05) is 19.7 Å². The third kappa shape index (κ3) is 3.58. The second-order valence-corrected chi connectivity index (χ2v) is 6.49. The molecule has 0 radical (unpaired) electrons. The number of hydrogen-bond donors (Lipinski definition) is 0. The molecule has 0 fully saturated rings. The number of hydrogen-bond acceptors (Lipinski definition) is 4. The van der Waals surface area contributed by atoms with Gasteiger partial charge in [-0.3, -0.25) is 4.79 Å². The summed E-state index contributed by atoms with van der Waals surface area (Å²) in [6.45, 7) is 3.09. The van der Waals surface area contributed by atoms with Gasteiger partial charge in [0.15, 0.2) is 23.4 Å². The Kier molecular flexibility index (Phi) is 5.02. The van der Waals surface area contributed by atoms with Gasteiger partial charge in [0.1, 0.15) is 18.2 Å². The molecule has 3 aromatic rings. The molecule has 0 aliphatic carbocycles. The molecule has 0 saturated carbocycles. The number of ether oxygens (including phenoxy) is 2. The van der Waals surface area contributed by atoms with Crippen molar-refractivity contribution in [3.63, 3.8) is 0 Å². The smallest absolute Gasteiger partial charge is 0.289 e. The highest BCUT2D eigenvalue weighted by atomic mass is 19.1. The van der Waals surface area contributed by atoms with E-state index in [1.165, 1.54) is 6.07 Å². The molecule has 4 rings (SSSR count). The van der Waals surface area contributed by atoms with E-state index >= 15 is 0 Å². The van der Waals surface area contributed by atoms with E-state index in [0.717, 1.165) is 0 Å². The van der Waals surface area contributed by atoms with Gasteiger partial charge in [0.05, 0.1) is 12.1 Å². The number of likely N-dealkylation sites (N-methyl/N-ethyl adjacent to an activating group) is 1. The number of fused-ring (bicyclic) bond motifs is 1. The molecule has 0 saturated heterocycles. The van der Waals surface area contributed by atoms with Crippen molar-refractivity contribution in [1.82, 2.24) is 4.90 Å². The van der Waals surface area contributed by atoms with Crippen molar-refractivity contribution >= 4 is 5.91 Å². The third-order valence-corrected chi connectivity index (χ3v) is 4.62. The van der Waals surface area contributed by atoms with Crippen molar-refractivity contribution in [3.8, 4) is 22.8 Å². The van der Waals surface area contributed by atoms with Gasteiger partial charge in [-0.05, 0) is 43.3 Å². The fraction of sp³-hybridized carbons (Fsp3) is 0.227.